The maximum absolute atomic E-state index is 11.5. The van der Waals surface area contributed by atoms with Crippen molar-refractivity contribution in [1.82, 2.24) is 10.3 Å². The van der Waals surface area contributed by atoms with Gasteiger partial charge in [-0.2, -0.15) is 0 Å². The predicted octanol–water partition coefficient (Wildman–Crippen LogP) is 4.96. The van der Waals surface area contributed by atoms with E-state index in [2.05, 4.69) is 10.3 Å². The van der Waals surface area contributed by atoms with Crippen molar-refractivity contribution in [3.63, 3.8) is 0 Å². The first-order chi connectivity index (χ1) is 15.6. The van der Waals surface area contributed by atoms with Crippen LogP contribution in [0.15, 0.2) is 54.7 Å². The summed E-state index contributed by atoms with van der Waals surface area (Å²) in [6.07, 6.45) is 9.62. The normalized spacial score (nSPS) is 16.6. The van der Waals surface area contributed by atoms with E-state index in [0.29, 0.717) is 29.3 Å². The molecule has 2 aliphatic rings. The first kappa shape index (κ1) is 22.2. The lowest BCUT2D eigenvalue weighted by Crippen LogP contribution is -2.21. The van der Waals surface area contributed by atoms with Crippen LogP contribution >= 0.6 is 0 Å². The van der Waals surface area contributed by atoms with Crippen molar-refractivity contribution in [2.45, 2.75) is 50.7 Å². The zero-order valence-electron chi connectivity index (χ0n) is 18.6. The second-order valence-corrected chi connectivity index (χ2v) is 8.38. The van der Waals surface area contributed by atoms with Crippen molar-refractivity contribution < 1.29 is 14.3 Å². The summed E-state index contributed by atoms with van der Waals surface area (Å²) in [6, 6.07) is 15.1. The lowest BCUT2D eigenvalue weighted by atomic mass is 9.99. The van der Waals surface area contributed by atoms with Gasteiger partial charge in [0.25, 0.3) is 5.91 Å². The number of hydrogen-bond acceptors (Lipinski definition) is 5. The summed E-state index contributed by atoms with van der Waals surface area (Å²) in [6.45, 7) is 1.50. The van der Waals surface area contributed by atoms with Gasteiger partial charge in [0, 0.05) is 37.8 Å². The number of amides is 1. The Bertz CT molecular complexity index is 1040. The molecule has 32 heavy (non-hydrogen) atoms. The van der Waals surface area contributed by atoms with Crippen LogP contribution in [0.25, 0.3) is 10.8 Å². The van der Waals surface area contributed by atoms with Gasteiger partial charge in [-0.3, -0.25) is 4.79 Å². The first-order valence-corrected chi connectivity index (χ1v) is 11.3. The summed E-state index contributed by atoms with van der Waals surface area (Å²) < 4.78 is 11.6. The Morgan fingerprint density at radius 1 is 1.06 bits per heavy atom. The fraction of sp³-hybridized carbons (Fsp3) is 0.385. The van der Waals surface area contributed by atoms with E-state index in [9.17, 15) is 4.79 Å². The summed E-state index contributed by atoms with van der Waals surface area (Å²) in [4.78, 5) is 15.7. The number of fused-ring (bicyclic) bond motifs is 1. The van der Waals surface area contributed by atoms with Crippen LogP contribution in [0.4, 0.5) is 0 Å². The highest BCUT2D eigenvalue weighted by molar-refractivity contribution is 5.93. The molecule has 1 aliphatic heterocycles. The topological polar surface area (TPSA) is 86.5 Å². The molecule has 2 fully saturated rings. The molecule has 3 N–H and O–H groups in total. The molecule has 0 bridgehead atoms. The van der Waals surface area contributed by atoms with E-state index < -0.39 is 0 Å². The number of carbonyl (C=O) groups excluding carboxylic acids is 1. The Morgan fingerprint density at radius 3 is 2.44 bits per heavy atom. The largest absolute Gasteiger partial charge is 0.438 e. The summed E-state index contributed by atoms with van der Waals surface area (Å²) in [5.41, 5.74) is 7.73. The second-order valence-electron chi connectivity index (χ2n) is 8.38. The molecule has 0 unspecified atom stereocenters. The first-order valence-electron chi connectivity index (χ1n) is 11.3. The molecule has 1 amide bonds. The Hall–Kier alpha value is -2.96. The Morgan fingerprint density at radius 2 is 1.81 bits per heavy atom. The number of carbonyl (C=O) groups is 1. The Labute approximate surface area is 189 Å². The Balaban J connectivity index is 0.000000225. The third kappa shape index (κ3) is 4.92. The van der Waals surface area contributed by atoms with Gasteiger partial charge in [-0.15, -0.1) is 0 Å². The molecule has 6 nitrogen and oxygen atoms in total. The van der Waals surface area contributed by atoms with Crippen molar-refractivity contribution in [3.05, 3.63) is 65.9 Å². The molecule has 1 spiro atoms. The lowest BCUT2D eigenvalue weighted by Gasteiger charge is -2.20. The SMILES string of the molecule is C1CCC2(C1)CCCO2.CNC(=O)c1ccc(Oc2ccc(CN)c3ccccc23)nc1. The molecule has 5 rings (SSSR count). The van der Waals surface area contributed by atoms with E-state index in [1.54, 1.807) is 19.2 Å². The monoisotopic (exact) mass is 433 g/mol. The van der Waals surface area contributed by atoms with E-state index in [4.69, 9.17) is 15.2 Å². The molecule has 168 valence electrons. The van der Waals surface area contributed by atoms with Crippen LogP contribution in [0, 0.1) is 0 Å². The summed E-state index contributed by atoms with van der Waals surface area (Å²) in [5, 5.41) is 4.60. The quantitative estimate of drug-likeness (QED) is 0.608. The highest BCUT2D eigenvalue weighted by atomic mass is 16.5. The Kier molecular flexibility index (Phi) is 7.02. The molecule has 1 aliphatic carbocycles. The minimum atomic E-state index is -0.179. The molecule has 1 saturated carbocycles. The van der Waals surface area contributed by atoms with Gasteiger partial charge < -0.3 is 20.5 Å². The average molecular weight is 434 g/mol. The van der Waals surface area contributed by atoms with Gasteiger partial charge >= 0.3 is 0 Å². The van der Waals surface area contributed by atoms with Crippen LogP contribution in [-0.2, 0) is 11.3 Å². The van der Waals surface area contributed by atoms with Crippen molar-refractivity contribution in [2.75, 3.05) is 13.7 Å². The molecule has 1 saturated heterocycles. The molecular weight excluding hydrogens is 402 g/mol. The van der Waals surface area contributed by atoms with E-state index >= 15 is 0 Å². The molecule has 0 atom stereocenters. The summed E-state index contributed by atoms with van der Waals surface area (Å²) >= 11 is 0. The number of nitrogens with zero attached hydrogens (tertiary/aromatic N) is 1. The number of rotatable bonds is 4. The van der Waals surface area contributed by atoms with E-state index in [1.807, 2.05) is 36.4 Å². The number of ether oxygens (including phenoxy) is 2. The maximum atomic E-state index is 11.5. The van der Waals surface area contributed by atoms with Crippen molar-refractivity contribution in [2.24, 2.45) is 5.73 Å². The van der Waals surface area contributed by atoms with Crippen molar-refractivity contribution >= 4 is 16.7 Å². The van der Waals surface area contributed by atoms with Gasteiger partial charge in [0.2, 0.25) is 5.88 Å². The minimum absolute atomic E-state index is 0.179. The van der Waals surface area contributed by atoms with E-state index in [1.165, 1.54) is 44.7 Å². The minimum Gasteiger partial charge on any atom is -0.438 e. The number of pyridine rings is 1. The van der Waals surface area contributed by atoms with Crippen LogP contribution in [0.3, 0.4) is 0 Å². The zero-order chi connectivity index (χ0) is 22.4. The highest BCUT2D eigenvalue weighted by Crippen LogP contribution is 2.40. The van der Waals surface area contributed by atoms with E-state index in [0.717, 1.165) is 22.9 Å². The number of nitrogens with two attached hydrogens (primary N) is 1. The van der Waals surface area contributed by atoms with E-state index in [-0.39, 0.29) is 5.91 Å². The van der Waals surface area contributed by atoms with Gasteiger partial charge in [-0.05, 0) is 48.8 Å². The van der Waals surface area contributed by atoms with Crippen LogP contribution in [0.2, 0.25) is 0 Å². The van der Waals surface area contributed by atoms with Gasteiger partial charge in [0.15, 0.2) is 0 Å². The van der Waals surface area contributed by atoms with Crippen LogP contribution < -0.4 is 15.8 Å². The van der Waals surface area contributed by atoms with Crippen LogP contribution in [0.1, 0.15) is 54.4 Å². The predicted molar refractivity (Wildman–Crippen MR) is 126 cm³/mol. The zero-order valence-corrected chi connectivity index (χ0v) is 18.6. The number of nitrogens with one attached hydrogen (secondary N) is 1. The number of benzene rings is 2. The highest BCUT2D eigenvalue weighted by Gasteiger charge is 2.37. The van der Waals surface area contributed by atoms with Crippen molar-refractivity contribution in [1.29, 1.82) is 0 Å². The maximum Gasteiger partial charge on any atom is 0.252 e. The fourth-order valence-electron chi connectivity index (χ4n) is 4.60. The molecule has 2 aromatic carbocycles. The third-order valence-corrected chi connectivity index (χ3v) is 6.33. The van der Waals surface area contributed by atoms with Gasteiger partial charge in [-0.25, -0.2) is 4.98 Å². The van der Waals surface area contributed by atoms with Crippen LogP contribution in [0.5, 0.6) is 11.6 Å². The van der Waals surface area contributed by atoms with Crippen LogP contribution in [-0.4, -0.2) is 30.1 Å². The second kappa shape index (κ2) is 10.1. The molecule has 1 aromatic heterocycles. The molecule has 6 heteroatoms. The van der Waals surface area contributed by atoms with Gasteiger partial charge in [-0.1, -0.05) is 43.2 Å². The third-order valence-electron chi connectivity index (χ3n) is 6.33. The smallest absolute Gasteiger partial charge is 0.252 e. The average Bonchev–Trinajstić information content (AvgIpc) is 3.52. The molecular formula is C26H31N3O3. The summed E-state index contributed by atoms with van der Waals surface area (Å²) in [7, 11) is 1.58. The van der Waals surface area contributed by atoms with Crippen molar-refractivity contribution in [3.8, 4) is 11.6 Å². The number of aromatic nitrogens is 1. The molecule has 3 aromatic rings. The van der Waals surface area contributed by atoms with Gasteiger partial charge in [0.1, 0.15) is 5.75 Å². The van der Waals surface area contributed by atoms with Gasteiger partial charge in [0.05, 0.1) is 11.2 Å². The molecule has 2 heterocycles. The molecule has 0 radical (unpaired) electrons. The standard InChI is InChI=1S/C18H17N3O2.C8H14O/c1-20-18(22)13-7-9-17(21-11-13)23-16-8-6-12(10-19)14-4-2-3-5-15(14)16;1-2-5-8(4-1)6-3-7-9-8/h2-9,11H,10,19H2,1H3,(H,20,22);1-7H2. The summed E-state index contributed by atoms with van der Waals surface area (Å²) in [5.74, 6) is 0.961. The number of hydrogen-bond donors (Lipinski definition) is 2. The fourth-order valence-corrected chi connectivity index (χ4v) is 4.60. The lowest BCUT2D eigenvalue weighted by molar-refractivity contribution is 0.0105.